The number of alkyl halides is 8. The van der Waals surface area contributed by atoms with E-state index in [-0.39, 0.29) is 48.5 Å². The summed E-state index contributed by atoms with van der Waals surface area (Å²) in [5, 5.41) is 2.51. The first kappa shape index (κ1) is 24.5. The van der Waals surface area contributed by atoms with E-state index in [0.29, 0.717) is 6.07 Å². The normalized spacial score (nSPS) is 16.3. The van der Waals surface area contributed by atoms with Crippen LogP contribution >= 0.6 is 0 Å². The Morgan fingerprint density at radius 2 is 1.63 bits per heavy atom. The molecule has 186 valence electrons. The number of rotatable bonds is 4. The van der Waals surface area contributed by atoms with E-state index in [1.54, 1.807) is 0 Å². The number of nitrogens with one attached hydrogen (secondary N) is 1. The third-order valence-corrected chi connectivity index (χ3v) is 4.87. The minimum absolute atomic E-state index is 0.0951. The standard InChI is InChI=1S/C20H15F8N7/c21-18(22)6-2-8-35(10-18)17-33-15(12-3-1-4-13(31-12)19(23,24)25)32-16(34-17)30-11-5-7-29-14(9-11)20(26,27)28/h1,3-5,7,9H,2,6,8,10H2,(H,29,30,32,33,34). The highest BCUT2D eigenvalue weighted by atomic mass is 19.4. The average Bonchev–Trinajstić information content (AvgIpc) is 2.77. The van der Waals surface area contributed by atoms with Crippen molar-refractivity contribution in [2.24, 2.45) is 0 Å². The van der Waals surface area contributed by atoms with Crippen LogP contribution in [0.4, 0.5) is 52.7 Å². The SMILES string of the molecule is FC1(F)CCCN(c2nc(Nc3ccnc(C(F)(F)F)c3)nc(-c3cccc(C(F)(F)F)n3)n2)C1. The fourth-order valence-corrected chi connectivity index (χ4v) is 3.32. The van der Waals surface area contributed by atoms with Crippen LogP contribution in [0.1, 0.15) is 24.2 Å². The molecule has 1 aliphatic rings. The predicted molar refractivity (Wildman–Crippen MR) is 107 cm³/mol. The van der Waals surface area contributed by atoms with Gasteiger partial charge in [-0.15, -0.1) is 0 Å². The summed E-state index contributed by atoms with van der Waals surface area (Å²) in [5.41, 5.74) is -2.93. The molecule has 0 aliphatic carbocycles. The molecule has 0 radical (unpaired) electrons. The van der Waals surface area contributed by atoms with E-state index in [0.717, 1.165) is 23.2 Å². The summed E-state index contributed by atoms with van der Waals surface area (Å²) in [4.78, 5) is 19.9. The quantitative estimate of drug-likeness (QED) is 0.480. The zero-order valence-corrected chi connectivity index (χ0v) is 17.5. The molecule has 1 N–H and O–H groups in total. The molecule has 0 atom stereocenters. The van der Waals surface area contributed by atoms with Gasteiger partial charge in [-0.3, -0.25) is 4.98 Å². The molecule has 4 rings (SSSR count). The van der Waals surface area contributed by atoms with Gasteiger partial charge in [0, 0.05) is 24.8 Å². The van der Waals surface area contributed by atoms with Crippen LogP contribution in [0.2, 0.25) is 0 Å². The van der Waals surface area contributed by atoms with E-state index in [1.807, 2.05) is 0 Å². The molecule has 0 spiro atoms. The zero-order valence-electron chi connectivity index (χ0n) is 17.5. The van der Waals surface area contributed by atoms with E-state index in [1.165, 1.54) is 12.1 Å². The van der Waals surface area contributed by atoms with Gasteiger partial charge in [-0.2, -0.15) is 41.3 Å². The third kappa shape index (κ3) is 5.89. The van der Waals surface area contributed by atoms with Crippen molar-refractivity contribution in [2.45, 2.75) is 31.1 Å². The molecule has 0 bridgehead atoms. The van der Waals surface area contributed by atoms with Crippen molar-refractivity contribution in [2.75, 3.05) is 23.3 Å². The van der Waals surface area contributed by atoms with Crippen molar-refractivity contribution in [1.82, 2.24) is 24.9 Å². The molecule has 7 nitrogen and oxygen atoms in total. The maximum Gasteiger partial charge on any atom is 0.433 e. The summed E-state index contributed by atoms with van der Waals surface area (Å²) in [7, 11) is 0. The van der Waals surface area contributed by atoms with Crippen molar-refractivity contribution in [3.05, 3.63) is 47.9 Å². The Morgan fingerprint density at radius 1 is 0.886 bits per heavy atom. The number of hydrogen-bond acceptors (Lipinski definition) is 7. The Morgan fingerprint density at radius 3 is 2.31 bits per heavy atom. The molecule has 3 aromatic rings. The van der Waals surface area contributed by atoms with Crippen LogP contribution in [0, 0.1) is 0 Å². The fourth-order valence-electron chi connectivity index (χ4n) is 3.32. The lowest BCUT2D eigenvalue weighted by atomic mass is 10.1. The Labute approximate surface area is 192 Å². The van der Waals surface area contributed by atoms with Crippen LogP contribution in [-0.4, -0.2) is 43.9 Å². The second-order valence-electron chi connectivity index (χ2n) is 7.62. The lowest BCUT2D eigenvalue weighted by Gasteiger charge is -2.32. The number of halogens is 8. The van der Waals surface area contributed by atoms with Crippen molar-refractivity contribution in [3.63, 3.8) is 0 Å². The number of piperidine rings is 1. The van der Waals surface area contributed by atoms with Crippen molar-refractivity contribution in [1.29, 1.82) is 0 Å². The summed E-state index contributed by atoms with van der Waals surface area (Å²) in [6.07, 6.45) is -8.90. The summed E-state index contributed by atoms with van der Waals surface area (Å²) in [6, 6.07) is 4.81. The highest BCUT2D eigenvalue weighted by molar-refractivity contribution is 5.59. The second-order valence-corrected chi connectivity index (χ2v) is 7.62. The monoisotopic (exact) mass is 505 g/mol. The number of anilines is 3. The highest BCUT2D eigenvalue weighted by Gasteiger charge is 2.37. The van der Waals surface area contributed by atoms with Crippen molar-refractivity contribution >= 4 is 17.6 Å². The Bertz CT molecular complexity index is 1210. The van der Waals surface area contributed by atoms with Gasteiger partial charge in [-0.05, 0) is 30.7 Å². The molecule has 0 saturated carbocycles. The molecule has 0 aromatic carbocycles. The number of hydrogen-bond donors (Lipinski definition) is 1. The van der Waals surface area contributed by atoms with Crippen LogP contribution < -0.4 is 10.2 Å². The molecule has 0 unspecified atom stereocenters. The predicted octanol–water partition coefficient (Wildman–Crippen LogP) is 5.35. The molecule has 15 heteroatoms. The molecular formula is C20H15F8N7. The largest absolute Gasteiger partial charge is 0.433 e. The summed E-state index contributed by atoms with van der Waals surface area (Å²) >= 11 is 0. The summed E-state index contributed by atoms with van der Waals surface area (Å²) in [5.74, 6) is -4.11. The van der Waals surface area contributed by atoms with Gasteiger partial charge in [0.15, 0.2) is 5.82 Å². The molecule has 35 heavy (non-hydrogen) atoms. The number of aromatic nitrogens is 5. The maximum absolute atomic E-state index is 14.0. The van der Waals surface area contributed by atoms with Crippen LogP contribution in [-0.2, 0) is 12.4 Å². The molecular weight excluding hydrogens is 490 g/mol. The fraction of sp³-hybridized carbons (Fsp3) is 0.350. The molecule has 1 saturated heterocycles. The zero-order chi connectivity index (χ0) is 25.4. The smallest absolute Gasteiger partial charge is 0.335 e. The van der Waals surface area contributed by atoms with E-state index in [4.69, 9.17) is 0 Å². The van der Waals surface area contributed by atoms with Gasteiger partial charge in [0.1, 0.15) is 17.1 Å². The number of nitrogens with zero attached hydrogens (tertiary/aromatic N) is 6. The average molecular weight is 505 g/mol. The third-order valence-electron chi connectivity index (χ3n) is 4.87. The van der Waals surface area contributed by atoms with Crippen LogP contribution in [0.25, 0.3) is 11.5 Å². The first-order valence-corrected chi connectivity index (χ1v) is 10.0. The van der Waals surface area contributed by atoms with E-state index in [2.05, 4.69) is 30.2 Å². The molecule has 4 heterocycles. The van der Waals surface area contributed by atoms with Gasteiger partial charge in [0.2, 0.25) is 11.9 Å². The first-order chi connectivity index (χ1) is 16.3. The Hall–Kier alpha value is -3.65. The van der Waals surface area contributed by atoms with Crippen LogP contribution in [0.3, 0.4) is 0 Å². The minimum atomic E-state index is -4.77. The van der Waals surface area contributed by atoms with Crippen molar-refractivity contribution < 1.29 is 35.1 Å². The van der Waals surface area contributed by atoms with E-state index in [9.17, 15) is 35.1 Å². The van der Waals surface area contributed by atoms with Gasteiger partial charge >= 0.3 is 12.4 Å². The summed E-state index contributed by atoms with van der Waals surface area (Å²) < 4.78 is 106. The summed E-state index contributed by atoms with van der Waals surface area (Å²) in [6.45, 7) is -0.624. The van der Waals surface area contributed by atoms with Crippen molar-refractivity contribution in [3.8, 4) is 11.5 Å². The van der Waals surface area contributed by atoms with Gasteiger partial charge in [0.05, 0.1) is 6.54 Å². The van der Waals surface area contributed by atoms with Gasteiger partial charge in [-0.1, -0.05) is 6.07 Å². The molecule has 1 fully saturated rings. The van der Waals surface area contributed by atoms with Crippen LogP contribution in [0.15, 0.2) is 36.5 Å². The van der Waals surface area contributed by atoms with E-state index < -0.39 is 36.2 Å². The van der Waals surface area contributed by atoms with Gasteiger partial charge in [-0.25, -0.2) is 13.8 Å². The molecule has 0 amide bonds. The lowest BCUT2D eigenvalue weighted by molar-refractivity contribution is -0.141. The van der Waals surface area contributed by atoms with Crippen LogP contribution in [0.5, 0.6) is 0 Å². The second kappa shape index (κ2) is 8.85. The maximum atomic E-state index is 14.0. The van der Waals surface area contributed by atoms with E-state index >= 15 is 0 Å². The topological polar surface area (TPSA) is 79.7 Å². The molecule has 3 aromatic heterocycles. The Kier molecular flexibility index (Phi) is 6.19. The highest BCUT2D eigenvalue weighted by Crippen LogP contribution is 2.33. The van der Waals surface area contributed by atoms with Gasteiger partial charge < -0.3 is 10.2 Å². The molecule has 1 aliphatic heterocycles. The Balaban J connectivity index is 1.77. The first-order valence-electron chi connectivity index (χ1n) is 10.0. The minimum Gasteiger partial charge on any atom is -0.335 e. The van der Waals surface area contributed by atoms with Gasteiger partial charge in [0.25, 0.3) is 5.92 Å². The number of pyridine rings is 2. The lowest BCUT2D eigenvalue weighted by Crippen LogP contribution is -2.43.